The highest BCUT2D eigenvalue weighted by Crippen LogP contribution is 2.24. The molecule has 124 valence electrons. The molecule has 0 amide bonds. The third-order valence-electron chi connectivity index (χ3n) is 3.76. The van der Waals surface area contributed by atoms with Gasteiger partial charge in [0.05, 0.1) is 29.5 Å². The molecule has 0 saturated heterocycles. The third kappa shape index (κ3) is 3.18. The minimum absolute atomic E-state index is 0.141. The molecule has 2 aromatic heterocycles. The molecule has 0 aliphatic carbocycles. The lowest BCUT2D eigenvalue weighted by molar-refractivity contribution is 0.628. The number of fused-ring (bicyclic) bond motifs is 1. The average Bonchev–Trinajstić information content (AvgIpc) is 3.06. The molecule has 0 saturated carbocycles. The summed E-state index contributed by atoms with van der Waals surface area (Å²) in [5.41, 5.74) is 2.02. The number of hydrogen-bond donors (Lipinski definition) is 0. The van der Waals surface area contributed by atoms with Crippen LogP contribution in [0.5, 0.6) is 0 Å². The fourth-order valence-electron chi connectivity index (χ4n) is 2.52. The molecular formula is C18H11ClFN3OS. The van der Waals surface area contributed by atoms with Gasteiger partial charge in [-0.25, -0.2) is 14.4 Å². The third-order valence-corrected chi connectivity index (χ3v) is 4.94. The van der Waals surface area contributed by atoms with Crippen molar-refractivity contribution in [3.05, 3.63) is 81.1 Å². The Kier molecular flexibility index (Phi) is 4.07. The van der Waals surface area contributed by atoms with Crippen LogP contribution < -0.4 is 5.56 Å². The summed E-state index contributed by atoms with van der Waals surface area (Å²) >= 11 is 7.38. The molecular weight excluding hydrogens is 361 g/mol. The van der Waals surface area contributed by atoms with Crippen molar-refractivity contribution < 1.29 is 4.39 Å². The first kappa shape index (κ1) is 15.9. The highest BCUT2D eigenvalue weighted by Gasteiger charge is 2.09. The van der Waals surface area contributed by atoms with Crippen LogP contribution >= 0.6 is 22.9 Å². The standard InChI is InChI=1S/C18H11ClFN3OS/c19-12-3-6-15-16(7-12)21-10-23(18(15)24)8-14-9-25-17(22-14)11-1-4-13(20)5-2-11/h1-7,9-10H,8H2. The van der Waals surface area contributed by atoms with Gasteiger partial charge in [0.25, 0.3) is 5.56 Å². The van der Waals surface area contributed by atoms with Gasteiger partial charge in [-0.1, -0.05) is 11.6 Å². The second kappa shape index (κ2) is 6.38. The van der Waals surface area contributed by atoms with Gasteiger partial charge in [0.1, 0.15) is 10.8 Å². The van der Waals surface area contributed by atoms with Gasteiger partial charge in [0.15, 0.2) is 0 Å². The molecule has 4 rings (SSSR count). The number of nitrogens with zero attached hydrogens (tertiary/aromatic N) is 3. The van der Waals surface area contributed by atoms with Gasteiger partial charge in [-0.05, 0) is 42.5 Å². The van der Waals surface area contributed by atoms with E-state index >= 15 is 0 Å². The van der Waals surface area contributed by atoms with Gasteiger partial charge in [0.2, 0.25) is 0 Å². The summed E-state index contributed by atoms with van der Waals surface area (Å²) in [5, 5.41) is 3.72. The van der Waals surface area contributed by atoms with Crippen molar-refractivity contribution >= 4 is 33.8 Å². The van der Waals surface area contributed by atoms with Gasteiger partial charge in [-0.2, -0.15) is 0 Å². The van der Waals surface area contributed by atoms with Crippen molar-refractivity contribution in [1.29, 1.82) is 0 Å². The quantitative estimate of drug-likeness (QED) is 0.537. The van der Waals surface area contributed by atoms with Gasteiger partial charge < -0.3 is 0 Å². The Morgan fingerprint density at radius 1 is 1.16 bits per heavy atom. The summed E-state index contributed by atoms with van der Waals surface area (Å²) in [7, 11) is 0. The fourth-order valence-corrected chi connectivity index (χ4v) is 3.51. The van der Waals surface area contributed by atoms with E-state index in [1.807, 2.05) is 5.38 Å². The minimum Gasteiger partial charge on any atom is -0.293 e. The summed E-state index contributed by atoms with van der Waals surface area (Å²) < 4.78 is 14.5. The van der Waals surface area contributed by atoms with Crippen LogP contribution in [0.15, 0.2) is 59.0 Å². The minimum atomic E-state index is -0.283. The Labute approximate surface area is 151 Å². The molecule has 4 nitrogen and oxygen atoms in total. The number of thiazole rings is 1. The topological polar surface area (TPSA) is 47.8 Å². The molecule has 4 aromatic rings. The van der Waals surface area contributed by atoms with Gasteiger partial charge in [-0.15, -0.1) is 11.3 Å². The van der Waals surface area contributed by atoms with E-state index < -0.39 is 0 Å². The summed E-state index contributed by atoms with van der Waals surface area (Å²) in [6, 6.07) is 11.2. The highest BCUT2D eigenvalue weighted by atomic mass is 35.5. The average molecular weight is 372 g/mol. The van der Waals surface area contributed by atoms with Gasteiger partial charge >= 0.3 is 0 Å². The lowest BCUT2D eigenvalue weighted by Gasteiger charge is -2.05. The summed E-state index contributed by atoms with van der Waals surface area (Å²) in [6.45, 7) is 0.322. The Hall–Kier alpha value is -2.57. The molecule has 2 aromatic carbocycles. The first-order valence-corrected chi connectivity index (χ1v) is 8.71. The first-order valence-electron chi connectivity index (χ1n) is 7.45. The number of halogens is 2. The lowest BCUT2D eigenvalue weighted by Crippen LogP contribution is -2.21. The summed E-state index contributed by atoms with van der Waals surface area (Å²) in [5.74, 6) is -0.283. The largest absolute Gasteiger partial charge is 0.293 e. The Balaban J connectivity index is 1.66. The van der Waals surface area contributed by atoms with E-state index in [1.54, 1.807) is 30.3 Å². The normalized spacial score (nSPS) is 11.1. The second-order valence-corrected chi connectivity index (χ2v) is 6.78. The van der Waals surface area contributed by atoms with E-state index in [0.717, 1.165) is 16.3 Å². The van der Waals surface area contributed by atoms with E-state index in [2.05, 4.69) is 9.97 Å². The predicted octanol–water partition coefficient (Wildman–Crippen LogP) is 4.36. The molecule has 0 N–H and O–H groups in total. The van der Waals surface area contributed by atoms with Crippen LogP contribution in [-0.4, -0.2) is 14.5 Å². The second-order valence-electron chi connectivity index (χ2n) is 5.49. The fraction of sp³-hybridized carbons (Fsp3) is 0.0556. The van der Waals surface area contributed by atoms with Gasteiger partial charge in [0, 0.05) is 16.0 Å². The molecule has 7 heteroatoms. The van der Waals surface area contributed by atoms with Crippen LogP contribution in [0, 0.1) is 5.82 Å². The zero-order chi connectivity index (χ0) is 17.4. The zero-order valence-electron chi connectivity index (χ0n) is 12.8. The molecule has 0 bridgehead atoms. The molecule has 0 fully saturated rings. The van der Waals surface area contributed by atoms with Crippen molar-refractivity contribution in [3.8, 4) is 10.6 Å². The maximum absolute atomic E-state index is 13.0. The van der Waals surface area contributed by atoms with Crippen molar-refractivity contribution in [1.82, 2.24) is 14.5 Å². The molecule has 0 atom stereocenters. The molecule has 0 aliphatic rings. The smallest absolute Gasteiger partial charge is 0.261 e. The van der Waals surface area contributed by atoms with Crippen molar-refractivity contribution in [2.45, 2.75) is 6.54 Å². The van der Waals surface area contributed by atoms with Crippen LogP contribution in [0.4, 0.5) is 4.39 Å². The molecule has 0 unspecified atom stereocenters. The van der Waals surface area contributed by atoms with Crippen LogP contribution in [0.1, 0.15) is 5.69 Å². The van der Waals surface area contributed by atoms with Crippen molar-refractivity contribution in [3.63, 3.8) is 0 Å². The number of aromatic nitrogens is 3. The van der Waals surface area contributed by atoms with E-state index in [4.69, 9.17) is 11.6 Å². The van der Waals surface area contributed by atoms with E-state index in [1.165, 1.54) is 34.4 Å². The first-order chi connectivity index (χ1) is 12.1. The molecule has 2 heterocycles. The summed E-state index contributed by atoms with van der Waals surface area (Å²) in [4.78, 5) is 21.4. The maximum atomic E-state index is 13.0. The highest BCUT2D eigenvalue weighted by molar-refractivity contribution is 7.13. The van der Waals surface area contributed by atoms with Crippen molar-refractivity contribution in [2.24, 2.45) is 0 Å². The number of hydrogen-bond acceptors (Lipinski definition) is 4. The Bertz CT molecular complexity index is 1120. The molecule has 0 spiro atoms. The summed E-state index contributed by atoms with van der Waals surface area (Å²) in [6.07, 6.45) is 1.50. The van der Waals surface area contributed by atoms with Crippen LogP contribution in [-0.2, 0) is 6.54 Å². The van der Waals surface area contributed by atoms with E-state index in [9.17, 15) is 9.18 Å². The predicted molar refractivity (Wildman–Crippen MR) is 97.6 cm³/mol. The zero-order valence-corrected chi connectivity index (χ0v) is 14.4. The van der Waals surface area contributed by atoms with Crippen LogP contribution in [0.3, 0.4) is 0 Å². The SMILES string of the molecule is O=c1c2ccc(Cl)cc2ncn1Cc1csc(-c2ccc(F)cc2)n1. The Morgan fingerprint density at radius 3 is 2.76 bits per heavy atom. The maximum Gasteiger partial charge on any atom is 0.261 e. The van der Waals surface area contributed by atoms with Gasteiger partial charge in [-0.3, -0.25) is 9.36 Å². The molecule has 25 heavy (non-hydrogen) atoms. The lowest BCUT2D eigenvalue weighted by atomic mass is 10.2. The number of rotatable bonds is 3. The van der Waals surface area contributed by atoms with Crippen LogP contribution in [0.25, 0.3) is 21.5 Å². The van der Waals surface area contributed by atoms with E-state index in [-0.39, 0.29) is 11.4 Å². The number of benzene rings is 2. The molecule has 0 radical (unpaired) electrons. The van der Waals surface area contributed by atoms with Crippen molar-refractivity contribution in [2.75, 3.05) is 0 Å². The molecule has 0 aliphatic heterocycles. The monoisotopic (exact) mass is 371 g/mol. The Morgan fingerprint density at radius 2 is 1.96 bits per heavy atom. The van der Waals surface area contributed by atoms with Crippen LogP contribution in [0.2, 0.25) is 5.02 Å². The van der Waals surface area contributed by atoms with E-state index in [0.29, 0.717) is 22.5 Å².